The van der Waals surface area contributed by atoms with Gasteiger partial charge in [-0.2, -0.15) is 0 Å². The van der Waals surface area contributed by atoms with Crippen LogP contribution < -0.4 is 4.74 Å². The molecule has 0 saturated carbocycles. The highest BCUT2D eigenvalue weighted by atomic mass is 16.5. The summed E-state index contributed by atoms with van der Waals surface area (Å²) in [7, 11) is 0. The normalized spacial score (nSPS) is 11.3. The Labute approximate surface area is 158 Å². The third-order valence-corrected chi connectivity index (χ3v) is 5.21. The molecule has 27 heavy (non-hydrogen) atoms. The molecule has 0 amide bonds. The van der Waals surface area contributed by atoms with Gasteiger partial charge in [-0.05, 0) is 57.1 Å². The Morgan fingerprint density at radius 3 is 2.07 bits per heavy atom. The second kappa shape index (κ2) is 6.44. The van der Waals surface area contributed by atoms with Gasteiger partial charge in [-0.3, -0.25) is 0 Å². The minimum absolute atomic E-state index is 0.659. The number of hydrogen-bond acceptors (Lipinski definition) is 1. The first-order valence-corrected chi connectivity index (χ1v) is 9.42. The standard InChI is InChI=1S/C26H20O/c1-2-27-25-17-24-20-13-7-6-12-19(20)16-23(18-10-4-3-5-11-18)26(24)22-15-9-8-14-21(22)25/h3-17H,2H2,1H3. The second-order valence-corrected chi connectivity index (χ2v) is 6.79. The molecule has 1 nitrogen and oxygen atoms in total. The van der Waals surface area contributed by atoms with E-state index in [9.17, 15) is 0 Å². The molecule has 0 aliphatic carbocycles. The summed E-state index contributed by atoms with van der Waals surface area (Å²) >= 11 is 0. The first-order chi connectivity index (χ1) is 13.4. The molecule has 5 aromatic carbocycles. The van der Waals surface area contributed by atoms with Gasteiger partial charge in [-0.1, -0.05) is 78.9 Å². The van der Waals surface area contributed by atoms with Crippen LogP contribution in [0.2, 0.25) is 0 Å². The van der Waals surface area contributed by atoms with E-state index in [-0.39, 0.29) is 0 Å². The van der Waals surface area contributed by atoms with Crippen molar-refractivity contribution in [2.45, 2.75) is 6.92 Å². The van der Waals surface area contributed by atoms with Crippen LogP contribution in [0.5, 0.6) is 5.75 Å². The Morgan fingerprint density at radius 1 is 0.630 bits per heavy atom. The van der Waals surface area contributed by atoms with E-state index in [1.54, 1.807) is 0 Å². The predicted molar refractivity (Wildman–Crippen MR) is 116 cm³/mol. The average molecular weight is 348 g/mol. The summed E-state index contributed by atoms with van der Waals surface area (Å²) in [6.45, 7) is 2.70. The summed E-state index contributed by atoms with van der Waals surface area (Å²) in [6.07, 6.45) is 0. The molecule has 0 bridgehead atoms. The lowest BCUT2D eigenvalue weighted by Crippen LogP contribution is -1.94. The molecular formula is C26H20O. The van der Waals surface area contributed by atoms with Crippen LogP contribution in [0.15, 0.2) is 91.0 Å². The summed E-state index contributed by atoms with van der Waals surface area (Å²) in [5.74, 6) is 0.955. The molecule has 5 rings (SSSR count). The van der Waals surface area contributed by atoms with E-state index in [1.165, 1.54) is 43.4 Å². The van der Waals surface area contributed by atoms with Crippen molar-refractivity contribution in [3.63, 3.8) is 0 Å². The number of benzene rings is 5. The minimum atomic E-state index is 0.659. The maximum Gasteiger partial charge on any atom is 0.127 e. The molecule has 0 aliphatic rings. The van der Waals surface area contributed by atoms with Gasteiger partial charge in [-0.15, -0.1) is 0 Å². The summed E-state index contributed by atoms with van der Waals surface area (Å²) in [5.41, 5.74) is 2.51. The van der Waals surface area contributed by atoms with Crippen LogP contribution in [0.1, 0.15) is 6.92 Å². The van der Waals surface area contributed by atoms with Gasteiger partial charge < -0.3 is 4.74 Å². The molecule has 0 saturated heterocycles. The Hall–Kier alpha value is -3.32. The van der Waals surface area contributed by atoms with Gasteiger partial charge in [-0.25, -0.2) is 0 Å². The number of hydrogen-bond donors (Lipinski definition) is 0. The predicted octanol–water partition coefficient (Wildman–Crippen LogP) is 7.21. The van der Waals surface area contributed by atoms with Gasteiger partial charge in [0.25, 0.3) is 0 Å². The third-order valence-electron chi connectivity index (χ3n) is 5.21. The zero-order valence-electron chi connectivity index (χ0n) is 15.3. The highest BCUT2D eigenvalue weighted by Gasteiger charge is 2.14. The largest absolute Gasteiger partial charge is 0.493 e. The van der Waals surface area contributed by atoms with Crippen LogP contribution in [-0.2, 0) is 0 Å². The fourth-order valence-corrected chi connectivity index (χ4v) is 4.06. The van der Waals surface area contributed by atoms with E-state index in [2.05, 4.69) is 91.0 Å². The molecule has 0 radical (unpaired) electrons. The lowest BCUT2D eigenvalue weighted by molar-refractivity contribution is 0.345. The SMILES string of the molecule is CCOc1cc2c3ccccc3cc(-c3ccccc3)c2c2ccccc12. The first-order valence-electron chi connectivity index (χ1n) is 9.42. The van der Waals surface area contributed by atoms with E-state index in [1.807, 2.05) is 6.92 Å². The molecule has 0 atom stereocenters. The summed E-state index contributed by atoms with van der Waals surface area (Å²) in [5, 5.41) is 7.45. The van der Waals surface area contributed by atoms with E-state index >= 15 is 0 Å². The quantitative estimate of drug-likeness (QED) is 0.313. The monoisotopic (exact) mass is 348 g/mol. The van der Waals surface area contributed by atoms with E-state index in [0.717, 1.165) is 5.75 Å². The number of rotatable bonds is 3. The number of ether oxygens (including phenoxy) is 1. The average Bonchev–Trinajstić information content (AvgIpc) is 2.74. The maximum absolute atomic E-state index is 6.02. The van der Waals surface area contributed by atoms with E-state index < -0.39 is 0 Å². The molecule has 130 valence electrons. The first kappa shape index (κ1) is 15.9. The van der Waals surface area contributed by atoms with Gasteiger partial charge in [0.2, 0.25) is 0 Å². The van der Waals surface area contributed by atoms with Crippen molar-refractivity contribution in [2.75, 3.05) is 6.61 Å². The van der Waals surface area contributed by atoms with Crippen LogP contribution in [0.25, 0.3) is 43.4 Å². The van der Waals surface area contributed by atoms with Crippen LogP contribution in [-0.4, -0.2) is 6.61 Å². The molecule has 0 aromatic heterocycles. The molecule has 0 aliphatic heterocycles. The topological polar surface area (TPSA) is 9.23 Å². The summed E-state index contributed by atoms with van der Waals surface area (Å²) in [6, 6.07) is 32.4. The van der Waals surface area contributed by atoms with E-state index in [4.69, 9.17) is 4.74 Å². The Balaban J connectivity index is 2.04. The molecule has 1 heteroatoms. The lowest BCUT2D eigenvalue weighted by Gasteiger charge is -2.16. The molecular weight excluding hydrogens is 328 g/mol. The maximum atomic E-state index is 6.02. The van der Waals surface area contributed by atoms with Crippen molar-refractivity contribution in [3.8, 4) is 16.9 Å². The molecule has 0 N–H and O–H groups in total. The van der Waals surface area contributed by atoms with Crippen LogP contribution in [0, 0.1) is 0 Å². The smallest absolute Gasteiger partial charge is 0.127 e. The zero-order valence-corrected chi connectivity index (χ0v) is 15.3. The highest BCUT2D eigenvalue weighted by molar-refractivity contribution is 6.24. The second-order valence-electron chi connectivity index (χ2n) is 6.79. The highest BCUT2D eigenvalue weighted by Crippen LogP contribution is 2.42. The van der Waals surface area contributed by atoms with Crippen molar-refractivity contribution >= 4 is 32.3 Å². The third kappa shape index (κ3) is 2.55. The van der Waals surface area contributed by atoms with Crippen LogP contribution in [0.3, 0.4) is 0 Å². The molecule has 0 heterocycles. The fourth-order valence-electron chi connectivity index (χ4n) is 4.06. The molecule has 0 unspecified atom stereocenters. The van der Waals surface area contributed by atoms with Crippen LogP contribution >= 0.6 is 0 Å². The Bertz CT molecular complexity index is 1270. The van der Waals surface area contributed by atoms with Crippen molar-refractivity contribution in [3.05, 3.63) is 91.0 Å². The summed E-state index contributed by atoms with van der Waals surface area (Å²) in [4.78, 5) is 0. The van der Waals surface area contributed by atoms with Crippen molar-refractivity contribution in [1.29, 1.82) is 0 Å². The van der Waals surface area contributed by atoms with Crippen molar-refractivity contribution < 1.29 is 4.74 Å². The number of fused-ring (bicyclic) bond motifs is 5. The van der Waals surface area contributed by atoms with Gasteiger partial charge in [0.15, 0.2) is 0 Å². The molecule has 5 aromatic rings. The summed E-state index contributed by atoms with van der Waals surface area (Å²) < 4.78 is 6.02. The Morgan fingerprint density at radius 2 is 1.30 bits per heavy atom. The van der Waals surface area contributed by atoms with Crippen LogP contribution in [0.4, 0.5) is 0 Å². The van der Waals surface area contributed by atoms with Crippen molar-refractivity contribution in [1.82, 2.24) is 0 Å². The van der Waals surface area contributed by atoms with Gasteiger partial charge >= 0.3 is 0 Å². The lowest BCUT2D eigenvalue weighted by atomic mass is 9.89. The zero-order chi connectivity index (χ0) is 18.2. The van der Waals surface area contributed by atoms with Gasteiger partial charge in [0, 0.05) is 5.39 Å². The van der Waals surface area contributed by atoms with Gasteiger partial charge in [0.1, 0.15) is 5.75 Å². The molecule has 0 fully saturated rings. The molecule has 0 spiro atoms. The Kier molecular flexibility index (Phi) is 3.79. The van der Waals surface area contributed by atoms with Crippen molar-refractivity contribution in [2.24, 2.45) is 0 Å². The minimum Gasteiger partial charge on any atom is -0.493 e. The van der Waals surface area contributed by atoms with Gasteiger partial charge in [0.05, 0.1) is 6.61 Å². The fraction of sp³-hybridized carbons (Fsp3) is 0.0769. The van der Waals surface area contributed by atoms with E-state index in [0.29, 0.717) is 6.61 Å².